The van der Waals surface area contributed by atoms with E-state index in [9.17, 15) is 9.59 Å². The topological polar surface area (TPSA) is 58.2 Å². The summed E-state index contributed by atoms with van der Waals surface area (Å²) in [5, 5.41) is 5.92. The lowest BCUT2D eigenvalue weighted by Crippen LogP contribution is -2.51. The minimum atomic E-state index is -1.08. The molecular weight excluding hydrogens is 396 g/mol. The highest BCUT2D eigenvalue weighted by atomic mass is 16.2. The van der Waals surface area contributed by atoms with Gasteiger partial charge in [-0.1, -0.05) is 112 Å². The first-order valence-electron chi connectivity index (χ1n) is 11.0. The van der Waals surface area contributed by atoms with E-state index in [-0.39, 0.29) is 29.8 Å². The van der Waals surface area contributed by atoms with E-state index in [2.05, 4.69) is 31.4 Å². The van der Waals surface area contributed by atoms with Crippen molar-refractivity contribution in [2.24, 2.45) is 5.41 Å². The minimum absolute atomic E-state index is 0.0194. The molecule has 0 spiro atoms. The fourth-order valence-corrected chi connectivity index (χ4v) is 3.76. The van der Waals surface area contributed by atoms with Gasteiger partial charge in [0, 0.05) is 6.04 Å². The molecular formula is C28H32N2O2. The molecule has 2 N–H and O–H groups in total. The summed E-state index contributed by atoms with van der Waals surface area (Å²) in [4.78, 5) is 26.6. The molecule has 0 aromatic heterocycles. The van der Waals surface area contributed by atoms with Gasteiger partial charge >= 0.3 is 0 Å². The lowest BCUT2D eigenvalue weighted by atomic mass is 9.68. The molecule has 0 saturated carbocycles. The van der Waals surface area contributed by atoms with Crippen molar-refractivity contribution in [2.75, 3.05) is 6.54 Å². The summed E-state index contributed by atoms with van der Waals surface area (Å²) in [6.07, 6.45) is 0. The summed E-state index contributed by atoms with van der Waals surface area (Å²) in [5.74, 6) is -0.441. The van der Waals surface area contributed by atoms with Gasteiger partial charge in [0.2, 0.25) is 11.8 Å². The number of rotatable bonds is 7. The van der Waals surface area contributed by atoms with Crippen LogP contribution >= 0.6 is 0 Å². The van der Waals surface area contributed by atoms with E-state index in [0.717, 1.165) is 16.7 Å². The van der Waals surface area contributed by atoms with Gasteiger partial charge in [0.15, 0.2) is 0 Å². The van der Waals surface area contributed by atoms with E-state index >= 15 is 0 Å². The molecule has 0 aliphatic heterocycles. The maximum Gasteiger partial charge on any atom is 0.240 e. The Morgan fingerprint density at radius 3 is 1.44 bits per heavy atom. The first kappa shape index (κ1) is 23.3. The van der Waals surface area contributed by atoms with E-state index in [1.54, 1.807) is 0 Å². The van der Waals surface area contributed by atoms with Crippen LogP contribution in [-0.4, -0.2) is 24.4 Å². The van der Waals surface area contributed by atoms with Gasteiger partial charge in [-0.25, -0.2) is 0 Å². The third-order valence-corrected chi connectivity index (χ3v) is 6.05. The smallest absolute Gasteiger partial charge is 0.240 e. The van der Waals surface area contributed by atoms with Gasteiger partial charge in [0.05, 0.1) is 6.54 Å². The summed E-state index contributed by atoms with van der Waals surface area (Å²) < 4.78 is 0. The Bertz CT molecular complexity index is 929. The molecule has 3 rings (SSSR count). The standard InChI is InChI=1S/C28H32N2O2/c1-21(27(2,3)4)30-25(31)20-29-26(32)28(22-14-8-5-9-15-22,23-16-10-6-11-17-23)24-18-12-7-13-19-24/h5-19,21H,20H2,1-4H3,(H,29,32)(H,30,31)/t21-/m0/s1. The summed E-state index contributed by atoms with van der Waals surface area (Å²) in [7, 11) is 0. The first-order valence-corrected chi connectivity index (χ1v) is 11.0. The van der Waals surface area contributed by atoms with Gasteiger partial charge in [-0.2, -0.15) is 0 Å². The SMILES string of the molecule is C[C@H](NC(=O)CNC(=O)C(c1ccccc1)(c1ccccc1)c1ccccc1)C(C)(C)C. The normalized spacial score (nSPS) is 12.6. The van der Waals surface area contributed by atoms with Crippen molar-refractivity contribution in [3.63, 3.8) is 0 Å². The molecule has 0 unspecified atom stereocenters. The zero-order chi connectivity index (χ0) is 23.2. The lowest BCUT2D eigenvalue weighted by Gasteiger charge is -2.34. The maximum atomic E-state index is 14.0. The van der Waals surface area contributed by atoms with E-state index in [1.807, 2.05) is 97.9 Å². The van der Waals surface area contributed by atoms with Crippen molar-refractivity contribution >= 4 is 11.8 Å². The van der Waals surface area contributed by atoms with Crippen LogP contribution < -0.4 is 10.6 Å². The molecule has 3 aromatic rings. The van der Waals surface area contributed by atoms with E-state index in [0.29, 0.717) is 0 Å². The second-order valence-corrected chi connectivity index (χ2v) is 9.19. The van der Waals surface area contributed by atoms with Crippen molar-refractivity contribution in [3.05, 3.63) is 108 Å². The average molecular weight is 429 g/mol. The molecule has 0 radical (unpaired) electrons. The van der Waals surface area contributed by atoms with Crippen molar-refractivity contribution < 1.29 is 9.59 Å². The van der Waals surface area contributed by atoms with Crippen LogP contribution in [0.25, 0.3) is 0 Å². The van der Waals surface area contributed by atoms with E-state index in [1.165, 1.54) is 0 Å². The summed E-state index contributed by atoms with van der Waals surface area (Å²) in [5.41, 5.74) is 1.39. The van der Waals surface area contributed by atoms with Gasteiger partial charge in [-0.05, 0) is 29.0 Å². The zero-order valence-corrected chi connectivity index (χ0v) is 19.3. The van der Waals surface area contributed by atoms with Crippen molar-refractivity contribution in [1.82, 2.24) is 10.6 Å². The monoisotopic (exact) mass is 428 g/mol. The van der Waals surface area contributed by atoms with Crippen LogP contribution in [0.15, 0.2) is 91.0 Å². The molecule has 4 heteroatoms. The second-order valence-electron chi connectivity index (χ2n) is 9.19. The number of hydrogen-bond donors (Lipinski definition) is 2. The summed E-state index contributed by atoms with van der Waals surface area (Å²) in [6, 6.07) is 29.1. The second kappa shape index (κ2) is 9.82. The van der Waals surface area contributed by atoms with Gasteiger partial charge in [0.25, 0.3) is 0 Å². The third-order valence-electron chi connectivity index (χ3n) is 6.05. The maximum absolute atomic E-state index is 14.0. The fourth-order valence-electron chi connectivity index (χ4n) is 3.76. The van der Waals surface area contributed by atoms with Crippen LogP contribution in [0.4, 0.5) is 0 Å². The number of nitrogens with one attached hydrogen (secondary N) is 2. The third kappa shape index (κ3) is 4.91. The molecule has 2 amide bonds. The molecule has 4 nitrogen and oxygen atoms in total. The van der Waals surface area contributed by atoms with Crippen LogP contribution in [-0.2, 0) is 15.0 Å². The molecule has 166 valence electrons. The highest BCUT2D eigenvalue weighted by Gasteiger charge is 2.43. The van der Waals surface area contributed by atoms with Crippen LogP contribution in [0.3, 0.4) is 0 Å². The molecule has 1 atom stereocenters. The molecule has 0 aliphatic carbocycles. The highest BCUT2D eigenvalue weighted by molar-refractivity contribution is 5.98. The van der Waals surface area contributed by atoms with E-state index in [4.69, 9.17) is 0 Å². The predicted molar refractivity (Wildman–Crippen MR) is 129 cm³/mol. The van der Waals surface area contributed by atoms with Crippen LogP contribution in [0.5, 0.6) is 0 Å². The number of hydrogen-bond acceptors (Lipinski definition) is 2. The number of carbonyl (C=O) groups is 2. The lowest BCUT2D eigenvalue weighted by molar-refractivity contribution is -0.128. The van der Waals surface area contributed by atoms with Crippen molar-refractivity contribution in [3.8, 4) is 0 Å². The van der Waals surface area contributed by atoms with E-state index < -0.39 is 5.41 Å². The molecule has 0 saturated heterocycles. The highest BCUT2D eigenvalue weighted by Crippen LogP contribution is 2.39. The Balaban J connectivity index is 2.01. The minimum Gasteiger partial charge on any atom is -0.352 e. The first-order chi connectivity index (χ1) is 15.3. The molecule has 0 aliphatic rings. The fraction of sp³-hybridized carbons (Fsp3) is 0.286. The molecule has 32 heavy (non-hydrogen) atoms. The predicted octanol–water partition coefficient (Wildman–Crippen LogP) is 4.69. The number of benzene rings is 3. The summed E-state index contributed by atoms with van der Waals surface area (Å²) in [6.45, 7) is 8.10. The molecule has 0 fully saturated rings. The number of carbonyl (C=O) groups excluding carboxylic acids is 2. The Kier molecular flexibility index (Phi) is 7.14. The molecule has 3 aromatic carbocycles. The zero-order valence-electron chi connectivity index (χ0n) is 19.3. The summed E-state index contributed by atoms with van der Waals surface area (Å²) >= 11 is 0. The number of amides is 2. The Hall–Kier alpha value is -3.40. The van der Waals surface area contributed by atoms with Crippen LogP contribution in [0.1, 0.15) is 44.4 Å². The van der Waals surface area contributed by atoms with Crippen molar-refractivity contribution in [1.29, 1.82) is 0 Å². The van der Waals surface area contributed by atoms with Gasteiger partial charge in [0.1, 0.15) is 5.41 Å². The quantitative estimate of drug-likeness (QED) is 0.537. The Labute approximate surface area is 191 Å². The van der Waals surface area contributed by atoms with Gasteiger partial charge < -0.3 is 10.6 Å². The Morgan fingerprint density at radius 1 is 0.719 bits per heavy atom. The molecule has 0 bridgehead atoms. The molecule has 0 heterocycles. The van der Waals surface area contributed by atoms with Crippen LogP contribution in [0, 0.1) is 5.41 Å². The van der Waals surface area contributed by atoms with Crippen LogP contribution in [0.2, 0.25) is 0 Å². The largest absolute Gasteiger partial charge is 0.352 e. The van der Waals surface area contributed by atoms with Gasteiger partial charge in [-0.15, -0.1) is 0 Å². The van der Waals surface area contributed by atoms with Crippen molar-refractivity contribution in [2.45, 2.75) is 39.2 Å². The van der Waals surface area contributed by atoms with Gasteiger partial charge in [-0.3, -0.25) is 9.59 Å². The Morgan fingerprint density at radius 2 is 1.09 bits per heavy atom. The average Bonchev–Trinajstić information content (AvgIpc) is 2.80.